The van der Waals surface area contributed by atoms with E-state index in [4.69, 9.17) is 14.2 Å². The molecule has 24 heavy (non-hydrogen) atoms. The second-order valence-corrected chi connectivity index (χ2v) is 6.09. The molecule has 2 aromatic carbocycles. The predicted octanol–water partition coefficient (Wildman–Crippen LogP) is 4.75. The number of nitrogens with one attached hydrogen (secondary N) is 1. The van der Waals surface area contributed by atoms with Gasteiger partial charge in [0.15, 0.2) is 11.5 Å². The van der Waals surface area contributed by atoms with Crippen molar-refractivity contribution in [1.82, 2.24) is 5.32 Å². The Bertz CT molecular complexity index is 667. The van der Waals surface area contributed by atoms with Gasteiger partial charge in [-0.25, -0.2) is 0 Å². The molecule has 0 aromatic heterocycles. The SMILES string of the molecule is COc1cc(OC)c(OC)cc1CNC(C)c1cccc(Br)c1.Cl. The molecule has 0 saturated carbocycles. The fraction of sp³-hybridized carbons (Fsp3) is 0.333. The van der Waals surface area contributed by atoms with Crippen LogP contribution in [0.3, 0.4) is 0 Å². The molecule has 1 unspecified atom stereocenters. The van der Waals surface area contributed by atoms with Gasteiger partial charge in [0, 0.05) is 28.7 Å². The zero-order valence-corrected chi connectivity index (χ0v) is 16.7. The van der Waals surface area contributed by atoms with Crippen molar-refractivity contribution in [3.63, 3.8) is 0 Å². The maximum absolute atomic E-state index is 5.46. The summed E-state index contributed by atoms with van der Waals surface area (Å²) in [6, 6.07) is 12.3. The molecule has 1 N–H and O–H groups in total. The minimum atomic E-state index is 0. The molecule has 0 aliphatic carbocycles. The normalized spacial score (nSPS) is 11.4. The van der Waals surface area contributed by atoms with Gasteiger partial charge >= 0.3 is 0 Å². The number of hydrogen-bond acceptors (Lipinski definition) is 4. The highest BCUT2D eigenvalue weighted by molar-refractivity contribution is 9.10. The molecule has 132 valence electrons. The minimum absolute atomic E-state index is 0. The van der Waals surface area contributed by atoms with E-state index >= 15 is 0 Å². The number of ether oxygens (including phenoxy) is 3. The first kappa shape index (κ1) is 20.6. The maximum atomic E-state index is 5.46. The second-order valence-electron chi connectivity index (χ2n) is 5.18. The van der Waals surface area contributed by atoms with Gasteiger partial charge in [-0.15, -0.1) is 12.4 Å². The van der Waals surface area contributed by atoms with Crippen LogP contribution < -0.4 is 19.5 Å². The van der Waals surface area contributed by atoms with Gasteiger partial charge in [-0.3, -0.25) is 0 Å². The van der Waals surface area contributed by atoms with E-state index in [9.17, 15) is 0 Å². The summed E-state index contributed by atoms with van der Waals surface area (Å²) >= 11 is 3.51. The van der Waals surface area contributed by atoms with Gasteiger partial charge in [0.25, 0.3) is 0 Å². The standard InChI is InChI=1S/C18H22BrNO3.ClH/c1-12(13-6-5-7-15(19)8-13)20-11-14-9-17(22-3)18(23-4)10-16(14)21-2;/h5-10,12,20H,11H2,1-4H3;1H. The van der Waals surface area contributed by atoms with Crippen LogP contribution in [0.1, 0.15) is 24.1 Å². The molecular weight excluding hydrogens is 394 g/mol. The average molecular weight is 417 g/mol. The van der Waals surface area contributed by atoms with E-state index in [0.29, 0.717) is 18.0 Å². The Hall–Kier alpha value is -1.43. The Morgan fingerprint density at radius 3 is 2.17 bits per heavy atom. The van der Waals surface area contributed by atoms with Crippen molar-refractivity contribution in [2.75, 3.05) is 21.3 Å². The number of halogens is 2. The van der Waals surface area contributed by atoms with Gasteiger partial charge in [-0.05, 0) is 30.7 Å². The van der Waals surface area contributed by atoms with Gasteiger partial charge < -0.3 is 19.5 Å². The molecule has 0 bridgehead atoms. The first-order chi connectivity index (χ1) is 11.1. The Morgan fingerprint density at radius 1 is 0.958 bits per heavy atom. The molecule has 0 saturated heterocycles. The number of hydrogen-bond donors (Lipinski definition) is 1. The average Bonchev–Trinajstić information content (AvgIpc) is 2.58. The predicted molar refractivity (Wildman–Crippen MR) is 103 cm³/mol. The van der Waals surface area contributed by atoms with Crippen LogP contribution in [0, 0.1) is 0 Å². The highest BCUT2D eigenvalue weighted by Crippen LogP contribution is 2.34. The summed E-state index contributed by atoms with van der Waals surface area (Å²) in [6.07, 6.45) is 0. The zero-order valence-electron chi connectivity index (χ0n) is 14.3. The van der Waals surface area contributed by atoms with Crippen molar-refractivity contribution >= 4 is 28.3 Å². The molecule has 0 amide bonds. The van der Waals surface area contributed by atoms with Gasteiger partial charge in [0.05, 0.1) is 21.3 Å². The summed E-state index contributed by atoms with van der Waals surface area (Å²) in [5.74, 6) is 2.13. The van der Waals surface area contributed by atoms with E-state index in [1.807, 2.05) is 24.3 Å². The van der Waals surface area contributed by atoms with E-state index in [0.717, 1.165) is 15.8 Å². The van der Waals surface area contributed by atoms with Crippen molar-refractivity contribution in [2.45, 2.75) is 19.5 Å². The van der Waals surface area contributed by atoms with E-state index in [-0.39, 0.29) is 18.4 Å². The molecule has 2 rings (SSSR count). The summed E-state index contributed by atoms with van der Waals surface area (Å²) in [6.45, 7) is 2.80. The van der Waals surface area contributed by atoms with Crippen LogP contribution in [0.25, 0.3) is 0 Å². The highest BCUT2D eigenvalue weighted by atomic mass is 79.9. The maximum Gasteiger partial charge on any atom is 0.164 e. The van der Waals surface area contributed by atoms with Crippen LogP contribution >= 0.6 is 28.3 Å². The molecule has 0 fully saturated rings. The first-order valence-electron chi connectivity index (χ1n) is 7.36. The number of benzene rings is 2. The fourth-order valence-electron chi connectivity index (χ4n) is 2.39. The molecule has 6 heteroatoms. The monoisotopic (exact) mass is 415 g/mol. The lowest BCUT2D eigenvalue weighted by Gasteiger charge is -2.18. The third-order valence-corrected chi connectivity index (χ3v) is 4.23. The topological polar surface area (TPSA) is 39.7 Å². The fourth-order valence-corrected chi connectivity index (χ4v) is 2.80. The number of methoxy groups -OCH3 is 3. The Balaban J connectivity index is 0.00000288. The van der Waals surface area contributed by atoms with Gasteiger partial charge in [0.2, 0.25) is 0 Å². The Morgan fingerprint density at radius 2 is 1.58 bits per heavy atom. The Labute approximate surface area is 158 Å². The van der Waals surface area contributed by atoms with Crippen molar-refractivity contribution in [3.8, 4) is 17.2 Å². The molecule has 0 spiro atoms. The lowest BCUT2D eigenvalue weighted by atomic mass is 10.1. The summed E-state index contributed by atoms with van der Waals surface area (Å²) in [4.78, 5) is 0. The highest BCUT2D eigenvalue weighted by Gasteiger charge is 2.13. The molecule has 0 aliphatic rings. The molecule has 1 atom stereocenters. The van der Waals surface area contributed by atoms with Gasteiger partial charge in [-0.2, -0.15) is 0 Å². The van der Waals surface area contributed by atoms with Crippen molar-refractivity contribution in [1.29, 1.82) is 0 Å². The van der Waals surface area contributed by atoms with Crippen LogP contribution in [0.15, 0.2) is 40.9 Å². The minimum Gasteiger partial charge on any atom is -0.496 e. The van der Waals surface area contributed by atoms with E-state index < -0.39 is 0 Å². The van der Waals surface area contributed by atoms with E-state index in [2.05, 4.69) is 40.3 Å². The van der Waals surface area contributed by atoms with Crippen molar-refractivity contribution in [3.05, 3.63) is 52.0 Å². The number of rotatable bonds is 7. The molecular formula is C18H23BrClNO3. The smallest absolute Gasteiger partial charge is 0.164 e. The second kappa shape index (κ2) is 9.77. The summed E-state index contributed by atoms with van der Waals surface area (Å²) < 4.78 is 17.2. The summed E-state index contributed by atoms with van der Waals surface area (Å²) in [5, 5.41) is 3.51. The molecule has 0 radical (unpaired) electrons. The largest absolute Gasteiger partial charge is 0.496 e. The van der Waals surface area contributed by atoms with Crippen LogP contribution in [0.4, 0.5) is 0 Å². The van der Waals surface area contributed by atoms with Crippen LogP contribution in [0.2, 0.25) is 0 Å². The van der Waals surface area contributed by atoms with E-state index in [1.54, 1.807) is 21.3 Å². The quantitative estimate of drug-likeness (QED) is 0.707. The van der Waals surface area contributed by atoms with Gasteiger partial charge in [0.1, 0.15) is 5.75 Å². The summed E-state index contributed by atoms with van der Waals surface area (Å²) in [5.41, 5.74) is 2.24. The summed E-state index contributed by atoms with van der Waals surface area (Å²) in [7, 11) is 4.90. The third kappa shape index (κ3) is 5.03. The molecule has 0 aliphatic heterocycles. The Kier molecular flexibility index (Phi) is 8.39. The molecule has 2 aromatic rings. The lowest BCUT2D eigenvalue weighted by molar-refractivity contribution is 0.346. The van der Waals surface area contributed by atoms with E-state index in [1.165, 1.54) is 5.56 Å². The van der Waals surface area contributed by atoms with Gasteiger partial charge in [-0.1, -0.05) is 28.1 Å². The van der Waals surface area contributed by atoms with Crippen molar-refractivity contribution in [2.24, 2.45) is 0 Å². The van der Waals surface area contributed by atoms with Crippen LogP contribution in [-0.4, -0.2) is 21.3 Å². The first-order valence-corrected chi connectivity index (χ1v) is 8.16. The molecule has 4 nitrogen and oxygen atoms in total. The lowest BCUT2D eigenvalue weighted by Crippen LogP contribution is -2.18. The zero-order chi connectivity index (χ0) is 16.8. The molecule has 0 heterocycles. The van der Waals surface area contributed by atoms with Crippen LogP contribution in [-0.2, 0) is 6.54 Å². The van der Waals surface area contributed by atoms with Crippen LogP contribution in [0.5, 0.6) is 17.2 Å². The third-order valence-electron chi connectivity index (χ3n) is 3.73. The van der Waals surface area contributed by atoms with Crippen molar-refractivity contribution < 1.29 is 14.2 Å².